The van der Waals surface area contributed by atoms with E-state index in [-0.39, 0.29) is 29.3 Å². The highest BCUT2D eigenvalue weighted by Crippen LogP contribution is 2.39. The van der Waals surface area contributed by atoms with Gasteiger partial charge in [0.2, 0.25) is 5.71 Å². The lowest BCUT2D eigenvalue weighted by Crippen LogP contribution is -2.07. The van der Waals surface area contributed by atoms with Gasteiger partial charge in [0.15, 0.2) is 28.9 Å². The van der Waals surface area contributed by atoms with Crippen molar-refractivity contribution < 1.29 is 31.4 Å². The van der Waals surface area contributed by atoms with Gasteiger partial charge in [-0.05, 0) is 24.3 Å². The zero-order chi connectivity index (χ0) is 20.9. The molecule has 2 aromatic carbocycles. The minimum absolute atomic E-state index is 0.00835. The van der Waals surface area contributed by atoms with E-state index in [0.717, 1.165) is 6.07 Å². The fraction of sp³-hybridized carbons (Fsp3) is 0.118. The highest BCUT2D eigenvalue weighted by molar-refractivity contribution is 6.10. The Kier molecular flexibility index (Phi) is 6.01. The maximum atomic E-state index is 14.0. The van der Waals surface area contributed by atoms with E-state index in [1.54, 1.807) is 0 Å². The van der Waals surface area contributed by atoms with Gasteiger partial charge in [-0.2, -0.15) is 28.8 Å². The summed E-state index contributed by atoms with van der Waals surface area (Å²) in [5, 5.41) is 20.7. The number of nitrogens with one attached hydrogen (secondary N) is 1. The average molecular weight is 396 g/mol. The monoisotopic (exact) mass is 396 g/mol. The van der Waals surface area contributed by atoms with E-state index in [1.807, 2.05) is 0 Å². The van der Waals surface area contributed by atoms with Crippen LogP contribution in [0, 0.1) is 34.3 Å². The normalized spacial score (nSPS) is 10.4. The van der Waals surface area contributed by atoms with Crippen molar-refractivity contribution in [1.82, 2.24) is 0 Å². The summed E-state index contributed by atoms with van der Waals surface area (Å²) in [5.41, 5.74) is 0.503. The molecule has 2 rings (SSSR count). The molecule has 2 aromatic rings. The number of hydrogen-bond donors (Lipinski definition) is 1. The molecule has 0 saturated carbocycles. The van der Waals surface area contributed by atoms with Crippen molar-refractivity contribution in [3.05, 3.63) is 47.5 Å². The largest absolute Gasteiger partial charge is 0.493 e. The summed E-state index contributed by atoms with van der Waals surface area (Å²) in [4.78, 5) is 0. The molecule has 6 nitrogen and oxygen atoms in total. The molecule has 0 saturated heterocycles. The van der Waals surface area contributed by atoms with Crippen LogP contribution in [0.4, 0.5) is 27.6 Å². The highest BCUT2D eigenvalue weighted by Gasteiger charge is 2.33. The number of rotatable bonds is 5. The lowest BCUT2D eigenvalue weighted by atomic mass is 10.2. The molecule has 28 heavy (non-hydrogen) atoms. The first-order chi connectivity index (χ1) is 13.2. The van der Waals surface area contributed by atoms with Crippen LogP contribution in [-0.4, -0.2) is 12.8 Å². The number of nitrogens with zero attached hydrogens (tertiary/aromatic N) is 3. The zero-order valence-electron chi connectivity index (χ0n) is 13.9. The van der Waals surface area contributed by atoms with Crippen LogP contribution in [0.2, 0.25) is 0 Å². The Balaban J connectivity index is 2.41. The molecule has 0 unspecified atom stereocenters. The van der Waals surface area contributed by atoms with Gasteiger partial charge in [-0.15, -0.1) is 0 Å². The van der Waals surface area contributed by atoms with Crippen molar-refractivity contribution in [3.8, 4) is 29.4 Å². The van der Waals surface area contributed by atoms with Gasteiger partial charge in [-0.1, -0.05) is 0 Å². The third-order valence-corrected chi connectivity index (χ3v) is 3.21. The zero-order valence-corrected chi connectivity index (χ0v) is 13.9. The number of methoxy groups -OCH3 is 1. The van der Waals surface area contributed by atoms with Crippen molar-refractivity contribution in [3.63, 3.8) is 0 Å². The maximum absolute atomic E-state index is 14.0. The molecule has 0 aliphatic heterocycles. The Hall–Kier alpha value is -3.86. The third kappa shape index (κ3) is 4.65. The van der Waals surface area contributed by atoms with Crippen molar-refractivity contribution >= 4 is 11.4 Å². The molecule has 0 heterocycles. The highest BCUT2D eigenvalue weighted by atomic mass is 19.4. The van der Waals surface area contributed by atoms with Gasteiger partial charge in [-0.25, -0.2) is 8.78 Å². The number of anilines is 1. The molecule has 0 amide bonds. The summed E-state index contributed by atoms with van der Waals surface area (Å²) in [6.45, 7) is 0. The lowest BCUT2D eigenvalue weighted by Gasteiger charge is -2.14. The number of alkyl halides is 3. The molecule has 0 bridgehead atoms. The van der Waals surface area contributed by atoms with Gasteiger partial charge in [0.1, 0.15) is 12.1 Å². The first-order valence-electron chi connectivity index (χ1n) is 7.25. The van der Waals surface area contributed by atoms with Crippen LogP contribution in [0.15, 0.2) is 35.4 Å². The van der Waals surface area contributed by atoms with Crippen LogP contribution in [0.5, 0.6) is 17.2 Å². The summed E-state index contributed by atoms with van der Waals surface area (Å²) >= 11 is 0. The number of hydrazone groups is 1. The predicted octanol–water partition coefficient (Wildman–Crippen LogP) is 4.60. The fourth-order valence-corrected chi connectivity index (χ4v) is 1.95. The molecule has 11 heteroatoms. The SMILES string of the molecule is COc1ccc(NN=C(C#N)C#N)cc1Oc1c(F)cc(C(F)(F)F)cc1F. The van der Waals surface area contributed by atoms with Crippen molar-refractivity contribution in [2.45, 2.75) is 6.18 Å². The van der Waals surface area contributed by atoms with E-state index in [4.69, 9.17) is 20.0 Å². The molecule has 1 N–H and O–H groups in total. The van der Waals surface area contributed by atoms with E-state index in [9.17, 15) is 22.0 Å². The van der Waals surface area contributed by atoms with Gasteiger partial charge in [-0.3, -0.25) is 5.43 Å². The standard InChI is InChI=1S/C17H9F5N4O2/c1-27-14-3-2-10(25-26-11(7-23)8-24)6-15(14)28-16-12(18)4-9(5-13(16)19)17(20,21)22/h2-6,25H,1H3. The second-order valence-electron chi connectivity index (χ2n) is 5.03. The molecule has 0 aromatic heterocycles. The van der Waals surface area contributed by atoms with Crippen molar-refractivity contribution in [2.75, 3.05) is 12.5 Å². The Labute approximate surface area is 155 Å². The molecule has 0 spiro atoms. The van der Waals surface area contributed by atoms with Gasteiger partial charge in [0.25, 0.3) is 0 Å². The fourth-order valence-electron chi connectivity index (χ4n) is 1.95. The van der Waals surface area contributed by atoms with Crippen LogP contribution in [-0.2, 0) is 6.18 Å². The van der Waals surface area contributed by atoms with Crippen LogP contribution in [0.1, 0.15) is 5.56 Å². The van der Waals surface area contributed by atoms with E-state index in [1.165, 1.54) is 31.4 Å². The summed E-state index contributed by atoms with van der Waals surface area (Å²) < 4.78 is 75.9. The summed E-state index contributed by atoms with van der Waals surface area (Å²) in [6.07, 6.45) is -4.93. The lowest BCUT2D eigenvalue weighted by molar-refractivity contribution is -0.138. The molecule has 0 aliphatic carbocycles. The Morgan fingerprint density at radius 2 is 1.64 bits per heavy atom. The Morgan fingerprint density at radius 1 is 1.04 bits per heavy atom. The first kappa shape index (κ1) is 20.5. The minimum atomic E-state index is -4.93. The molecule has 0 fully saturated rings. The number of ether oxygens (including phenoxy) is 2. The summed E-state index contributed by atoms with van der Waals surface area (Å²) in [5.74, 6) is -4.45. The second kappa shape index (κ2) is 8.22. The van der Waals surface area contributed by atoms with Gasteiger partial charge >= 0.3 is 6.18 Å². The molecular formula is C17H9F5N4O2. The quantitative estimate of drug-likeness (QED) is 0.453. The van der Waals surface area contributed by atoms with E-state index < -0.39 is 34.8 Å². The van der Waals surface area contributed by atoms with Gasteiger partial charge in [0.05, 0.1) is 18.4 Å². The Morgan fingerprint density at radius 3 is 2.14 bits per heavy atom. The number of halogens is 5. The predicted molar refractivity (Wildman–Crippen MR) is 86.7 cm³/mol. The van der Waals surface area contributed by atoms with E-state index >= 15 is 0 Å². The number of hydrogen-bond acceptors (Lipinski definition) is 6. The minimum Gasteiger partial charge on any atom is -0.493 e. The molecule has 0 radical (unpaired) electrons. The average Bonchev–Trinajstić information content (AvgIpc) is 2.64. The smallest absolute Gasteiger partial charge is 0.416 e. The second-order valence-corrected chi connectivity index (χ2v) is 5.03. The number of benzene rings is 2. The van der Waals surface area contributed by atoms with Gasteiger partial charge in [0, 0.05) is 6.07 Å². The Bertz CT molecular complexity index is 967. The van der Waals surface area contributed by atoms with Crippen LogP contribution < -0.4 is 14.9 Å². The summed E-state index contributed by atoms with van der Waals surface area (Å²) in [6, 6.07) is 7.08. The first-order valence-corrected chi connectivity index (χ1v) is 7.25. The molecular weight excluding hydrogens is 387 g/mol. The topological polar surface area (TPSA) is 90.4 Å². The van der Waals surface area contributed by atoms with Gasteiger partial charge < -0.3 is 9.47 Å². The van der Waals surface area contributed by atoms with Crippen LogP contribution >= 0.6 is 0 Å². The number of nitriles is 2. The van der Waals surface area contributed by atoms with Crippen molar-refractivity contribution in [2.24, 2.45) is 5.10 Å². The molecule has 144 valence electrons. The van der Waals surface area contributed by atoms with Crippen LogP contribution in [0.25, 0.3) is 0 Å². The molecule has 0 atom stereocenters. The van der Waals surface area contributed by atoms with E-state index in [2.05, 4.69) is 10.5 Å². The third-order valence-electron chi connectivity index (χ3n) is 3.21. The van der Waals surface area contributed by atoms with E-state index in [0.29, 0.717) is 0 Å². The summed E-state index contributed by atoms with van der Waals surface area (Å²) in [7, 11) is 1.23. The van der Waals surface area contributed by atoms with Crippen LogP contribution in [0.3, 0.4) is 0 Å². The van der Waals surface area contributed by atoms with Crippen molar-refractivity contribution in [1.29, 1.82) is 10.5 Å². The molecule has 0 aliphatic rings. The maximum Gasteiger partial charge on any atom is 0.416 e.